The number of hydrogen-bond donors (Lipinski definition) is 1. The van der Waals surface area contributed by atoms with Crippen molar-refractivity contribution in [3.8, 4) is 5.75 Å². The maximum Gasteiger partial charge on any atom is 0.334 e. The number of carbonyl (C=O) groups excluding carboxylic acids is 1. The Morgan fingerprint density at radius 3 is 2.95 bits per heavy atom. The molecule has 0 aromatic heterocycles. The molecule has 2 rings (SSSR count). The van der Waals surface area contributed by atoms with E-state index in [0.29, 0.717) is 17.3 Å². The van der Waals surface area contributed by atoms with Gasteiger partial charge in [-0.15, -0.1) is 0 Å². The number of carboxylic acid groups (broad SMARTS) is 1. The van der Waals surface area contributed by atoms with Gasteiger partial charge >= 0.3 is 5.97 Å². The standard InChI is InChI=1S/C14H16ClNO5/c1-9-6-10(15)2-3-11(9)21-8-13(17)16-4-5-20-12(7-16)14(18)19/h2-3,6,12H,4-5,7-8H2,1H3,(H,18,19). The molecule has 1 aliphatic heterocycles. The summed E-state index contributed by atoms with van der Waals surface area (Å²) < 4.78 is 10.5. The van der Waals surface area contributed by atoms with Crippen molar-refractivity contribution >= 4 is 23.5 Å². The number of aryl methyl sites for hydroxylation is 1. The number of benzene rings is 1. The number of carbonyl (C=O) groups is 2. The molecule has 1 saturated heterocycles. The van der Waals surface area contributed by atoms with E-state index >= 15 is 0 Å². The van der Waals surface area contributed by atoms with Crippen LogP contribution in [0.4, 0.5) is 0 Å². The summed E-state index contributed by atoms with van der Waals surface area (Å²) in [5.74, 6) is -0.753. The molecule has 0 bridgehead atoms. The lowest BCUT2D eigenvalue weighted by Crippen LogP contribution is -2.49. The molecule has 1 unspecified atom stereocenters. The SMILES string of the molecule is Cc1cc(Cl)ccc1OCC(=O)N1CCOC(C(=O)O)C1. The van der Waals surface area contributed by atoms with E-state index < -0.39 is 12.1 Å². The molecule has 7 heteroatoms. The first-order chi connectivity index (χ1) is 9.97. The Labute approximate surface area is 127 Å². The largest absolute Gasteiger partial charge is 0.483 e. The van der Waals surface area contributed by atoms with Crippen LogP contribution in [0.2, 0.25) is 5.02 Å². The summed E-state index contributed by atoms with van der Waals surface area (Å²) in [7, 11) is 0. The third-order valence-corrected chi connectivity index (χ3v) is 3.42. The van der Waals surface area contributed by atoms with Crippen molar-refractivity contribution < 1.29 is 24.2 Å². The highest BCUT2D eigenvalue weighted by atomic mass is 35.5. The first-order valence-corrected chi connectivity index (χ1v) is 6.86. The molecule has 1 fully saturated rings. The van der Waals surface area contributed by atoms with Gasteiger partial charge in [0, 0.05) is 11.6 Å². The van der Waals surface area contributed by atoms with Gasteiger partial charge in [0.05, 0.1) is 13.2 Å². The van der Waals surface area contributed by atoms with E-state index in [1.165, 1.54) is 4.90 Å². The van der Waals surface area contributed by atoms with E-state index in [0.717, 1.165) is 5.56 Å². The number of ether oxygens (including phenoxy) is 2. The van der Waals surface area contributed by atoms with E-state index in [2.05, 4.69) is 0 Å². The van der Waals surface area contributed by atoms with Gasteiger partial charge in [0.1, 0.15) is 5.75 Å². The number of nitrogens with zero attached hydrogens (tertiary/aromatic N) is 1. The highest BCUT2D eigenvalue weighted by Crippen LogP contribution is 2.21. The minimum Gasteiger partial charge on any atom is -0.483 e. The lowest BCUT2D eigenvalue weighted by molar-refractivity contribution is -0.159. The second-order valence-corrected chi connectivity index (χ2v) is 5.17. The van der Waals surface area contributed by atoms with Crippen LogP contribution in [-0.4, -0.2) is 54.3 Å². The van der Waals surface area contributed by atoms with E-state index in [1.807, 2.05) is 6.92 Å². The van der Waals surface area contributed by atoms with Gasteiger partial charge in [-0.25, -0.2) is 4.79 Å². The first kappa shape index (κ1) is 15.6. The maximum atomic E-state index is 12.0. The zero-order valence-electron chi connectivity index (χ0n) is 11.5. The van der Waals surface area contributed by atoms with Gasteiger partial charge in [-0.2, -0.15) is 0 Å². The van der Waals surface area contributed by atoms with Crippen LogP contribution >= 0.6 is 11.6 Å². The minimum atomic E-state index is -1.07. The van der Waals surface area contributed by atoms with Crippen molar-refractivity contribution in [3.63, 3.8) is 0 Å². The number of carboxylic acids is 1. The molecule has 1 atom stereocenters. The maximum absolute atomic E-state index is 12.0. The smallest absolute Gasteiger partial charge is 0.334 e. The Morgan fingerprint density at radius 2 is 2.29 bits per heavy atom. The summed E-state index contributed by atoms with van der Waals surface area (Å²) in [6.07, 6.45) is -0.972. The molecule has 1 aromatic rings. The van der Waals surface area contributed by atoms with Crippen molar-refractivity contribution in [1.82, 2.24) is 4.90 Å². The number of halogens is 1. The van der Waals surface area contributed by atoms with Gasteiger partial charge in [-0.05, 0) is 30.7 Å². The summed E-state index contributed by atoms with van der Waals surface area (Å²) in [4.78, 5) is 24.4. The van der Waals surface area contributed by atoms with Gasteiger partial charge in [-0.3, -0.25) is 4.79 Å². The van der Waals surface area contributed by atoms with E-state index in [9.17, 15) is 9.59 Å². The van der Waals surface area contributed by atoms with Crippen LogP contribution in [0.25, 0.3) is 0 Å². The number of morpholine rings is 1. The number of hydrogen-bond acceptors (Lipinski definition) is 4. The summed E-state index contributed by atoms with van der Waals surface area (Å²) in [6, 6.07) is 5.13. The van der Waals surface area contributed by atoms with Crippen molar-refractivity contribution in [2.45, 2.75) is 13.0 Å². The quantitative estimate of drug-likeness (QED) is 0.908. The second kappa shape index (κ2) is 6.78. The lowest BCUT2D eigenvalue weighted by atomic mass is 10.2. The topological polar surface area (TPSA) is 76.1 Å². The molecular formula is C14H16ClNO5. The van der Waals surface area contributed by atoms with E-state index in [4.69, 9.17) is 26.2 Å². The number of rotatable bonds is 4. The molecule has 1 heterocycles. The fraction of sp³-hybridized carbons (Fsp3) is 0.429. The highest BCUT2D eigenvalue weighted by Gasteiger charge is 2.29. The molecule has 1 aliphatic rings. The molecule has 21 heavy (non-hydrogen) atoms. The first-order valence-electron chi connectivity index (χ1n) is 6.48. The molecule has 1 amide bonds. The Morgan fingerprint density at radius 1 is 1.52 bits per heavy atom. The Balaban J connectivity index is 1.90. The van der Waals surface area contributed by atoms with E-state index in [-0.39, 0.29) is 25.7 Å². The Bertz CT molecular complexity index is 548. The van der Waals surface area contributed by atoms with Gasteiger partial charge in [0.15, 0.2) is 12.7 Å². The molecule has 6 nitrogen and oxygen atoms in total. The third-order valence-electron chi connectivity index (χ3n) is 3.18. The van der Waals surface area contributed by atoms with Gasteiger partial charge < -0.3 is 19.5 Å². The predicted molar refractivity (Wildman–Crippen MR) is 75.6 cm³/mol. The predicted octanol–water partition coefficient (Wildman–Crippen LogP) is 1.34. The lowest BCUT2D eigenvalue weighted by Gasteiger charge is -2.30. The molecule has 1 N–H and O–H groups in total. The van der Waals surface area contributed by atoms with Crippen molar-refractivity contribution in [2.24, 2.45) is 0 Å². The van der Waals surface area contributed by atoms with E-state index in [1.54, 1.807) is 18.2 Å². The zero-order chi connectivity index (χ0) is 15.4. The average molecular weight is 314 g/mol. The van der Waals surface area contributed by atoms with Crippen LogP contribution < -0.4 is 4.74 Å². The van der Waals surface area contributed by atoms with Crippen LogP contribution in [0.5, 0.6) is 5.75 Å². The monoisotopic (exact) mass is 313 g/mol. The average Bonchev–Trinajstić information content (AvgIpc) is 2.46. The van der Waals surface area contributed by atoms with Gasteiger partial charge in [-0.1, -0.05) is 11.6 Å². The van der Waals surface area contributed by atoms with Gasteiger partial charge in [0.25, 0.3) is 5.91 Å². The van der Waals surface area contributed by atoms with Crippen LogP contribution in [0.3, 0.4) is 0 Å². The summed E-state index contributed by atoms with van der Waals surface area (Å²) in [6.45, 7) is 2.31. The van der Waals surface area contributed by atoms with Crippen LogP contribution in [-0.2, 0) is 14.3 Å². The summed E-state index contributed by atoms with van der Waals surface area (Å²) >= 11 is 5.85. The van der Waals surface area contributed by atoms with Crippen molar-refractivity contribution in [1.29, 1.82) is 0 Å². The Hall–Kier alpha value is -1.79. The molecular weight excluding hydrogens is 298 g/mol. The highest BCUT2D eigenvalue weighted by molar-refractivity contribution is 6.30. The zero-order valence-corrected chi connectivity index (χ0v) is 12.3. The van der Waals surface area contributed by atoms with Crippen molar-refractivity contribution in [3.05, 3.63) is 28.8 Å². The molecule has 1 aromatic carbocycles. The van der Waals surface area contributed by atoms with Gasteiger partial charge in [0.2, 0.25) is 0 Å². The fourth-order valence-corrected chi connectivity index (χ4v) is 2.26. The summed E-state index contributed by atoms with van der Waals surface area (Å²) in [5, 5.41) is 9.50. The number of aliphatic carboxylic acids is 1. The van der Waals surface area contributed by atoms with Crippen LogP contribution in [0.15, 0.2) is 18.2 Å². The third kappa shape index (κ3) is 4.09. The normalized spacial score (nSPS) is 18.4. The molecule has 0 aliphatic carbocycles. The summed E-state index contributed by atoms with van der Waals surface area (Å²) in [5.41, 5.74) is 0.834. The Kier molecular flexibility index (Phi) is 5.03. The molecule has 114 valence electrons. The number of amides is 1. The van der Waals surface area contributed by atoms with Crippen LogP contribution in [0.1, 0.15) is 5.56 Å². The molecule has 0 saturated carbocycles. The minimum absolute atomic E-state index is 0.0388. The fourth-order valence-electron chi connectivity index (χ4n) is 2.03. The van der Waals surface area contributed by atoms with Crippen molar-refractivity contribution in [2.75, 3.05) is 26.3 Å². The van der Waals surface area contributed by atoms with Crippen LogP contribution in [0, 0.1) is 6.92 Å². The second-order valence-electron chi connectivity index (χ2n) is 4.74. The molecule has 0 spiro atoms. The molecule has 0 radical (unpaired) electrons.